The molecule has 1 fully saturated rings. The molecule has 1 atom stereocenters. The lowest BCUT2D eigenvalue weighted by Gasteiger charge is -2.36. The van der Waals surface area contributed by atoms with Crippen LogP contribution in [-0.4, -0.2) is 55.0 Å². The van der Waals surface area contributed by atoms with Crippen molar-refractivity contribution in [3.8, 4) is 5.75 Å². The summed E-state index contributed by atoms with van der Waals surface area (Å²) in [6.45, 7) is 8.08. The van der Waals surface area contributed by atoms with Crippen molar-refractivity contribution in [1.82, 2.24) is 10.2 Å². The highest BCUT2D eigenvalue weighted by atomic mass is 16.5. The number of piperidine rings is 1. The van der Waals surface area contributed by atoms with Gasteiger partial charge in [0.2, 0.25) is 5.91 Å². The number of amides is 2. The lowest BCUT2D eigenvalue weighted by molar-refractivity contribution is -0.121. The molecule has 0 radical (unpaired) electrons. The molecule has 0 spiro atoms. The molecule has 1 unspecified atom stereocenters. The SMILES string of the molecule is COc1ccccc1NC(=O)c1ccc(NC(=O)C(C)N2CCC(NC(C)C)CC2)cc1. The summed E-state index contributed by atoms with van der Waals surface area (Å²) in [5.74, 6) is 0.327. The minimum Gasteiger partial charge on any atom is -0.495 e. The first-order valence-corrected chi connectivity index (χ1v) is 11.2. The van der Waals surface area contributed by atoms with Gasteiger partial charge in [-0.25, -0.2) is 0 Å². The maximum atomic E-state index is 12.7. The number of methoxy groups -OCH3 is 1. The minimum atomic E-state index is -0.237. The fraction of sp³-hybridized carbons (Fsp3) is 0.440. The third-order valence-electron chi connectivity index (χ3n) is 5.80. The highest BCUT2D eigenvalue weighted by Gasteiger charge is 2.26. The number of carbonyl (C=O) groups excluding carboxylic acids is 2. The fourth-order valence-electron chi connectivity index (χ4n) is 3.98. The van der Waals surface area contributed by atoms with Gasteiger partial charge in [0, 0.05) is 36.4 Å². The number of hydrogen-bond donors (Lipinski definition) is 3. The van der Waals surface area contributed by atoms with E-state index in [2.05, 4.69) is 34.7 Å². The number of likely N-dealkylation sites (tertiary alicyclic amines) is 1. The van der Waals surface area contributed by atoms with Crippen molar-refractivity contribution in [1.29, 1.82) is 0 Å². The van der Waals surface area contributed by atoms with Crippen LogP contribution < -0.4 is 20.7 Å². The number of carbonyl (C=O) groups is 2. The molecule has 2 aromatic rings. The summed E-state index contributed by atoms with van der Waals surface area (Å²) in [5.41, 5.74) is 1.78. The van der Waals surface area contributed by atoms with Crippen LogP contribution in [0.1, 0.15) is 44.0 Å². The second-order valence-corrected chi connectivity index (χ2v) is 8.53. The number of nitrogens with zero attached hydrogens (tertiary/aromatic N) is 1. The van der Waals surface area contributed by atoms with E-state index in [9.17, 15) is 9.59 Å². The van der Waals surface area contributed by atoms with E-state index in [-0.39, 0.29) is 17.9 Å². The summed E-state index contributed by atoms with van der Waals surface area (Å²) in [5, 5.41) is 9.40. The van der Waals surface area contributed by atoms with E-state index in [1.807, 2.05) is 19.1 Å². The molecular weight excluding hydrogens is 404 g/mol. The van der Waals surface area contributed by atoms with E-state index < -0.39 is 0 Å². The summed E-state index contributed by atoms with van der Waals surface area (Å²) in [7, 11) is 1.56. The van der Waals surface area contributed by atoms with Gasteiger partial charge in [0.1, 0.15) is 5.75 Å². The van der Waals surface area contributed by atoms with Crippen LogP contribution in [0, 0.1) is 0 Å². The lowest BCUT2D eigenvalue weighted by Crippen LogP contribution is -2.50. The van der Waals surface area contributed by atoms with E-state index >= 15 is 0 Å². The normalized spacial score (nSPS) is 15.9. The molecule has 7 heteroatoms. The van der Waals surface area contributed by atoms with Crippen molar-refractivity contribution in [3.05, 3.63) is 54.1 Å². The highest BCUT2D eigenvalue weighted by Crippen LogP contribution is 2.24. The van der Waals surface area contributed by atoms with Crippen molar-refractivity contribution in [2.24, 2.45) is 0 Å². The van der Waals surface area contributed by atoms with Crippen LogP contribution >= 0.6 is 0 Å². The number of hydrogen-bond acceptors (Lipinski definition) is 5. The van der Waals surface area contributed by atoms with Crippen LogP contribution in [0.3, 0.4) is 0 Å². The molecule has 0 bridgehead atoms. The van der Waals surface area contributed by atoms with Gasteiger partial charge in [-0.2, -0.15) is 0 Å². The van der Waals surface area contributed by atoms with Gasteiger partial charge in [-0.05, 0) is 56.2 Å². The molecule has 0 aliphatic carbocycles. The Morgan fingerprint density at radius 2 is 1.62 bits per heavy atom. The first-order valence-electron chi connectivity index (χ1n) is 11.2. The largest absolute Gasteiger partial charge is 0.495 e. The third-order valence-corrected chi connectivity index (χ3v) is 5.80. The van der Waals surface area contributed by atoms with Gasteiger partial charge in [-0.3, -0.25) is 14.5 Å². The molecule has 1 heterocycles. The first kappa shape index (κ1) is 23.8. The molecule has 2 aromatic carbocycles. The van der Waals surface area contributed by atoms with E-state index in [0.717, 1.165) is 25.9 Å². The Balaban J connectivity index is 1.52. The molecule has 2 amide bonds. The quantitative estimate of drug-likeness (QED) is 0.585. The Hall–Kier alpha value is -2.90. The molecule has 0 aromatic heterocycles. The zero-order chi connectivity index (χ0) is 23.1. The summed E-state index contributed by atoms with van der Waals surface area (Å²) < 4.78 is 5.27. The summed E-state index contributed by atoms with van der Waals surface area (Å²) in [6.07, 6.45) is 2.09. The zero-order valence-corrected chi connectivity index (χ0v) is 19.4. The topological polar surface area (TPSA) is 82.7 Å². The zero-order valence-electron chi connectivity index (χ0n) is 19.4. The maximum Gasteiger partial charge on any atom is 0.255 e. The highest BCUT2D eigenvalue weighted by molar-refractivity contribution is 6.05. The summed E-state index contributed by atoms with van der Waals surface area (Å²) in [4.78, 5) is 27.5. The van der Waals surface area contributed by atoms with Crippen molar-refractivity contribution in [3.63, 3.8) is 0 Å². The minimum absolute atomic E-state index is 0.0357. The monoisotopic (exact) mass is 438 g/mol. The van der Waals surface area contributed by atoms with Crippen LogP contribution in [0.25, 0.3) is 0 Å². The smallest absolute Gasteiger partial charge is 0.255 e. The number of rotatable bonds is 8. The number of benzene rings is 2. The molecular formula is C25H34N4O3. The van der Waals surface area contributed by atoms with Crippen molar-refractivity contribution in [2.75, 3.05) is 30.8 Å². The predicted molar refractivity (Wildman–Crippen MR) is 128 cm³/mol. The molecule has 1 aliphatic rings. The van der Waals surface area contributed by atoms with Crippen LogP contribution in [-0.2, 0) is 4.79 Å². The van der Waals surface area contributed by atoms with Gasteiger partial charge < -0.3 is 20.7 Å². The van der Waals surface area contributed by atoms with Crippen LogP contribution in [0.15, 0.2) is 48.5 Å². The van der Waals surface area contributed by atoms with Crippen molar-refractivity contribution < 1.29 is 14.3 Å². The second kappa shape index (κ2) is 11.1. The van der Waals surface area contributed by atoms with Gasteiger partial charge in [0.15, 0.2) is 0 Å². The van der Waals surface area contributed by atoms with E-state index in [4.69, 9.17) is 4.74 Å². The van der Waals surface area contributed by atoms with Gasteiger partial charge in [-0.1, -0.05) is 26.0 Å². The Morgan fingerprint density at radius 3 is 2.25 bits per heavy atom. The standard InChI is InChI=1S/C25H34N4O3/c1-17(2)26-21-13-15-29(16-14-21)18(3)24(30)27-20-11-9-19(10-12-20)25(31)28-22-7-5-6-8-23(22)32-4/h5-12,17-18,21,26H,13-16H2,1-4H3,(H,27,30)(H,28,31). The van der Waals surface area contributed by atoms with E-state index in [1.54, 1.807) is 43.5 Å². The summed E-state index contributed by atoms with van der Waals surface area (Å²) >= 11 is 0. The Labute approximate surface area is 190 Å². The Kier molecular flexibility index (Phi) is 8.25. The van der Waals surface area contributed by atoms with Crippen LogP contribution in [0.2, 0.25) is 0 Å². The van der Waals surface area contributed by atoms with Gasteiger partial charge in [0.25, 0.3) is 5.91 Å². The third kappa shape index (κ3) is 6.31. The molecule has 0 saturated carbocycles. The Morgan fingerprint density at radius 1 is 0.969 bits per heavy atom. The molecule has 7 nitrogen and oxygen atoms in total. The molecule has 32 heavy (non-hydrogen) atoms. The molecule has 1 aliphatic heterocycles. The number of anilines is 2. The maximum absolute atomic E-state index is 12.7. The number of para-hydroxylation sites is 2. The molecule has 3 rings (SSSR count). The molecule has 172 valence electrons. The lowest BCUT2D eigenvalue weighted by atomic mass is 10.0. The first-order chi connectivity index (χ1) is 15.4. The fourth-order valence-corrected chi connectivity index (χ4v) is 3.98. The molecule has 3 N–H and O–H groups in total. The van der Waals surface area contributed by atoms with E-state index in [0.29, 0.717) is 34.8 Å². The number of ether oxygens (including phenoxy) is 1. The number of nitrogens with one attached hydrogen (secondary N) is 3. The van der Waals surface area contributed by atoms with Gasteiger partial charge in [-0.15, -0.1) is 0 Å². The van der Waals surface area contributed by atoms with Crippen LogP contribution in [0.4, 0.5) is 11.4 Å². The van der Waals surface area contributed by atoms with E-state index in [1.165, 1.54) is 0 Å². The molecule has 1 saturated heterocycles. The average molecular weight is 439 g/mol. The van der Waals surface area contributed by atoms with Crippen molar-refractivity contribution in [2.45, 2.75) is 51.7 Å². The van der Waals surface area contributed by atoms with Crippen molar-refractivity contribution >= 4 is 23.2 Å². The average Bonchev–Trinajstić information content (AvgIpc) is 2.79. The summed E-state index contributed by atoms with van der Waals surface area (Å²) in [6, 6.07) is 15.0. The van der Waals surface area contributed by atoms with Gasteiger partial charge >= 0.3 is 0 Å². The Bertz CT molecular complexity index is 906. The van der Waals surface area contributed by atoms with Crippen LogP contribution in [0.5, 0.6) is 5.75 Å². The second-order valence-electron chi connectivity index (χ2n) is 8.53. The van der Waals surface area contributed by atoms with Gasteiger partial charge in [0.05, 0.1) is 18.8 Å². The predicted octanol–water partition coefficient (Wildman–Crippen LogP) is 3.74.